The van der Waals surface area contributed by atoms with Gasteiger partial charge >= 0.3 is 5.69 Å². The van der Waals surface area contributed by atoms with Gasteiger partial charge in [-0.2, -0.15) is 0 Å². The van der Waals surface area contributed by atoms with Gasteiger partial charge in [-0.15, -0.1) is 0 Å². The van der Waals surface area contributed by atoms with Gasteiger partial charge in [0.15, 0.2) is 0 Å². The molecule has 0 saturated heterocycles. The first-order valence-electron chi connectivity index (χ1n) is 4.94. The summed E-state index contributed by atoms with van der Waals surface area (Å²) in [6.07, 6.45) is -0.716. The Balaban J connectivity index is 2.79. The molecule has 0 fully saturated rings. The number of likely N-dealkylation sites (N-methyl/N-ethyl adjacent to an activating group) is 1. The molecule has 6 nitrogen and oxygen atoms in total. The Hall–Kier alpha value is -1.18. The lowest BCUT2D eigenvalue weighted by molar-refractivity contribution is -0.386. The highest BCUT2D eigenvalue weighted by Crippen LogP contribution is 2.34. The van der Waals surface area contributed by atoms with Crippen LogP contribution in [0.3, 0.4) is 0 Å². The number of benzene rings is 1. The van der Waals surface area contributed by atoms with Crippen LogP contribution in [0.15, 0.2) is 22.7 Å². The minimum absolute atomic E-state index is 0.00963. The van der Waals surface area contributed by atoms with Crippen molar-refractivity contribution in [3.8, 4) is 5.75 Å². The lowest BCUT2D eigenvalue weighted by Crippen LogP contribution is -2.29. The molecule has 17 heavy (non-hydrogen) atoms. The lowest BCUT2D eigenvalue weighted by Gasteiger charge is -2.12. The van der Waals surface area contributed by atoms with Crippen molar-refractivity contribution in [2.45, 2.75) is 6.10 Å². The van der Waals surface area contributed by atoms with Crippen LogP contribution in [-0.4, -0.2) is 36.3 Å². The molecule has 1 rings (SSSR count). The van der Waals surface area contributed by atoms with E-state index < -0.39 is 11.0 Å². The van der Waals surface area contributed by atoms with Crippen LogP contribution in [0.2, 0.25) is 0 Å². The van der Waals surface area contributed by atoms with E-state index >= 15 is 0 Å². The maximum atomic E-state index is 10.8. The number of ether oxygens (including phenoxy) is 1. The number of halogens is 1. The van der Waals surface area contributed by atoms with Crippen LogP contribution in [0, 0.1) is 10.1 Å². The summed E-state index contributed by atoms with van der Waals surface area (Å²) in [5, 5.41) is 23.0. The molecule has 1 aromatic carbocycles. The normalized spacial score (nSPS) is 12.2. The van der Waals surface area contributed by atoms with Crippen LogP contribution in [0.4, 0.5) is 5.69 Å². The van der Waals surface area contributed by atoms with Gasteiger partial charge in [0.25, 0.3) is 0 Å². The molecule has 0 spiro atoms. The number of hydrogen-bond acceptors (Lipinski definition) is 5. The van der Waals surface area contributed by atoms with Crippen molar-refractivity contribution < 1.29 is 14.8 Å². The van der Waals surface area contributed by atoms with Gasteiger partial charge in [0.1, 0.15) is 12.7 Å². The highest BCUT2D eigenvalue weighted by Gasteiger charge is 2.18. The average molecular weight is 305 g/mol. The van der Waals surface area contributed by atoms with Crippen LogP contribution in [-0.2, 0) is 0 Å². The standard InChI is InChI=1S/C10H13BrN2O4/c1-12-5-7(14)6-17-10-8(11)3-2-4-9(10)13(15)16/h2-4,7,12,14H,5-6H2,1H3. The Morgan fingerprint density at radius 2 is 2.35 bits per heavy atom. The molecule has 0 aliphatic heterocycles. The second-order valence-electron chi connectivity index (χ2n) is 3.37. The summed E-state index contributed by atoms with van der Waals surface area (Å²) >= 11 is 3.18. The first-order valence-corrected chi connectivity index (χ1v) is 5.74. The van der Waals surface area contributed by atoms with Crippen LogP contribution in [0.5, 0.6) is 5.75 Å². The first-order chi connectivity index (χ1) is 8.06. The van der Waals surface area contributed by atoms with Crippen molar-refractivity contribution >= 4 is 21.6 Å². The second kappa shape index (κ2) is 6.53. The van der Waals surface area contributed by atoms with Gasteiger partial charge in [-0.3, -0.25) is 10.1 Å². The number of nitro groups is 1. The molecule has 1 atom stereocenters. The molecule has 94 valence electrons. The smallest absolute Gasteiger partial charge is 0.312 e. The van der Waals surface area contributed by atoms with Gasteiger partial charge in [0.2, 0.25) is 5.75 Å². The molecule has 2 N–H and O–H groups in total. The Kier molecular flexibility index (Phi) is 5.33. The quantitative estimate of drug-likeness (QED) is 0.611. The Morgan fingerprint density at radius 1 is 1.65 bits per heavy atom. The number of aliphatic hydroxyl groups is 1. The number of para-hydroxylation sites is 1. The SMILES string of the molecule is CNCC(O)COc1c(Br)cccc1[N+](=O)[O-]. The molecule has 0 aromatic heterocycles. The van der Waals surface area contributed by atoms with Gasteiger partial charge in [0, 0.05) is 12.6 Å². The third-order valence-electron chi connectivity index (χ3n) is 2.00. The number of aliphatic hydroxyl groups excluding tert-OH is 1. The van der Waals surface area contributed by atoms with E-state index in [-0.39, 0.29) is 18.0 Å². The summed E-state index contributed by atoms with van der Waals surface area (Å²) in [5.74, 6) is 0.132. The van der Waals surface area contributed by atoms with Gasteiger partial charge in [-0.05, 0) is 29.0 Å². The number of nitrogens with zero attached hydrogens (tertiary/aromatic N) is 1. The zero-order chi connectivity index (χ0) is 12.8. The van der Waals surface area contributed by atoms with Gasteiger partial charge in [0.05, 0.1) is 9.40 Å². The van der Waals surface area contributed by atoms with E-state index in [0.29, 0.717) is 11.0 Å². The molecule has 0 aliphatic carbocycles. The van der Waals surface area contributed by atoms with Crippen molar-refractivity contribution in [2.75, 3.05) is 20.2 Å². The van der Waals surface area contributed by atoms with E-state index in [1.165, 1.54) is 6.07 Å². The van der Waals surface area contributed by atoms with Crippen molar-refractivity contribution in [1.82, 2.24) is 5.32 Å². The summed E-state index contributed by atoms with van der Waals surface area (Å²) in [6, 6.07) is 4.55. The summed E-state index contributed by atoms with van der Waals surface area (Å²) < 4.78 is 5.75. The molecule has 0 heterocycles. The first kappa shape index (κ1) is 13.9. The van der Waals surface area contributed by atoms with Crippen molar-refractivity contribution in [1.29, 1.82) is 0 Å². The summed E-state index contributed by atoms with van der Waals surface area (Å²) in [6.45, 7) is 0.350. The minimum atomic E-state index is -0.716. The van der Waals surface area contributed by atoms with Crippen molar-refractivity contribution in [2.24, 2.45) is 0 Å². The zero-order valence-electron chi connectivity index (χ0n) is 9.22. The molecule has 0 radical (unpaired) electrons. The maximum Gasteiger partial charge on any atom is 0.312 e. The molecule has 0 aliphatic rings. The number of nitro benzene ring substituents is 1. The highest BCUT2D eigenvalue weighted by molar-refractivity contribution is 9.10. The molecule has 0 amide bonds. The second-order valence-corrected chi connectivity index (χ2v) is 4.22. The predicted molar refractivity (Wildman–Crippen MR) is 66.2 cm³/mol. The molecule has 1 unspecified atom stereocenters. The maximum absolute atomic E-state index is 10.8. The van der Waals surface area contributed by atoms with Crippen molar-refractivity contribution in [3.63, 3.8) is 0 Å². The Morgan fingerprint density at radius 3 is 2.94 bits per heavy atom. The molecular weight excluding hydrogens is 292 g/mol. The minimum Gasteiger partial charge on any atom is -0.483 e. The predicted octanol–water partition coefficient (Wildman–Crippen LogP) is 1.32. The summed E-state index contributed by atoms with van der Waals surface area (Å²) in [4.78, 5) is 10.3. The van der Waals surface area contributed by atoms with E-state index in [9.17, 15) is 15.2 Å². The van der Waals surface area contributed by atoms with Gasteiger partial charge in [-0.25, -0.2) is 0 Å². The average Bonchev–Trinajstić information content (AvgIpc) is 2.27. The third kappa shape index (κ3) is 3.95. The third-order valence-corrected chi connectivity index (χ3v) is 2.63. The molecule has 1 aromatic rings. The number of nitrogens with one attached hydrogen (secondary N) is 1. The fourth-order valence-corrected chi connectivity index (χ4v) is 1.73. The Labute approximate surface area is 107 Å². The van der Waals surface area contributed by atoms with E-state index in [2.05, 4.69) is 21.2 Å². The fourth-order valence-electron chi connectivity index (χ4n) is 1.26. The fraction of sp³-hybridized carbons (Fsp3) is 0.400. The van der Waals surface area contributed by atoms with E-state index in [1.54, 1.807) is 19.2 Å². The van der Waals surface area contributed by atoms with Crippen molar-refractivity contribution in [3.05, 3.63) is 32.8 Å². The zero-order valence-corrected chi connectivity index (χ0v) is 10.8. The number of rotatable bonds is 6. The van der Waals surface area contributed by atoms with Crippen LogP contribution < -0.4 is 10.1 Å². The van der Waals surface area contributed by atoms with E-state index in [4.69, 9.17) is 4.74 Å². The van der Waals surface area contributed by atoms with Crippen LogP contribution in [0.25, 0.3) is 0 Å². The van der Waals surface area contributed by atoms with Crippen LogP contribution >= 0.6 is 15.9 Å². The van der Waals surface area contributed by atoms with E-state index in [1.807, 2.05) is 0 Å². The molecule has 7 heteroatoms. The largest absolute Gasteiger partial charge is 0.483 e. The molecular formula is C10H13BrN2O4. The highest BCUT2D eigenvalue weighted by atomic mass is 79.9. The summed E-state index contributed by atoms with van der Waals surface area (Å²) in [7, 11) is 1.70. The lowest BCUT2D eigenvalue weighted by atomic mass is 10.3. The van der Waals surface area contributed by atoms with Gasteiger partial charge in [-0.1, -0.05) is 6.07 Å². The summed E-state index contributed by atoms with van der Waals surface area (Å²) in [5.41, 5.74) is -0.129. The topological polar surface area (TPSA) is 84.6 Å². The van der Waals surface area contributed by atoms with Crippen LogP contribution in [0.1, 0.15) is 0 Å². The molecule has 0 bridgehead atoms. The Bertz CT molecular complexity index is 400. The molecule has 0 saturated carbocycles. The van der Waals surface area contributed by atoms with Gasteiger partial charge < -0.3 is 15.2 Å². The number of hydrogen-bond donors (Lipinski definition) is 2. The monoisotopic (exact) mass is 304 g/mol. The van der Waals surface area contributed by atoms with E-state index in [0.717, 1.165) is 0 Å².